The summed E-state index contributed by atoms with van der Waals surface area (Å²) in [5.41, 5.74) is 22.3. The minimum atomic E-state index is -1.04. The van der Waals surface area contributed by atoms with Crippen LogP contribution in [0.25, 0.3) is 0 Å². The second kappa shape index (κ2) is 13.6. The molecule has 3 atom stereocenters. The number of guanidine groups is 1. The van der Waals surface area contributed by atoms with Crippen LogP contribution in [0.4, 0.5) is 0 Å². The number of carbonyl (C=O) groups excluding carboxylic acids is 4. The molecule has 1 aromatic carbocycles. The molecule has 12 nitrogen and oxygen atoms in total. The number of hydrogen-bond donors (Lipinski definition) is 8. The van der Waals surface area contributed by atoms with Gasteiger partial charge in [0.15, 0.2) is 5.96 Å². The topological polar surface area (TPSA) is 232 Å². The lowest BCUT2D eigenvalue weighted by Crippen LogP contribution is -2.55. The molecule has 0 saturated heterocycles. The van der Waals surface area contributed by atoms with Crippen LogP contribution >= 0.6 is 0 Å². The highest BCUT2D eigenvalue weighted by atomic mass is 16.2. The van der Waals surface area contributed by atoms with E-state index in [0.29, 0.717) is 13.0 Å². The number of benzene rings is 1. The van der Waals surface area contributed by atoms with E-state index in [2.05, 4.69) is 16.0 Å². The Labute approximate surface area is 186 Å². The first-order valence-corrected chi connectivity index (χ1v) is 10.2. The van der Waals surface area contributed by atoms with Crippen LogP contribution in [-0.2, 0) is 25.6 Å². The van der Waals surface area contributed by atoms with Crippen molar-refractivity contribution in [3.8, 4) is 0 Å². The van der Waals surface area contributed by atoms with Crippen LogP contribution in [0.5, 0.6) is 0 Å². The molecule has 176 valence electrons. The Bertz CT molecular complexity index is 802. The van der Waals surface area contributed by atoms with E-state index in [0.717, 1.165) is 5.56 Å². The largest absolute Gasteiger partial charge is 0.370 e. The Morgan fingerprint density at radius 1 is 0.906 bits per heavy atom. The van der Waals surface area contributed by atoms with Crippen LogP contribution in [-0.4, -0.2) is 54.3 Å². The van der Waals surface area contributed by atoms with E-state index < -0.39 is 41.8 Å². The monoisotopic (exact) mass is 448 g/mol. The van der Waals surface area contributed by atoms with Gasteiger partial charge in [-0.05, 0) is 24.8 Å². The van der Waals surface area contributed by atoms with Gasteiger partial charge in [0, 0.05) is 19.4 Å². The molecule has 0 aliphatic heterocycles. The molecular weight excluding hydrogens is 416 g/mol. The summed E-state index contributed by atoms with van der Waals surface area (Å²) >= 11 is 0. The van der Waals surface area contributed by atoms with Crippen molar-refractivity contribution in [1.29, 1.82) is 5.41 Å². The van der Waals surface area contributed by atoms with Gasteiger partial charge in [-0.2, -0.15) is 0 Å². The lowest BCUT2D eigenvalue weighted by Gasteiger charge is -2.23. The molecule has 12 N–H and O–H groups in total. The first-order chi connectivity index (χ1) is 15.1. The number of nitrogens with one attached hydrogen (secondary N) is 4. The summed E-state index contributed by atoms with van der Waals surface area (Å²) in [6.45, 7) is 0.298. The van der Waals surface area contributed by atoms with E-state index in [4.69, 9.17) is 28.3 Å². The van der Waals surface area contributed by atoms with Crippen LogP contribution in [0.3, 0.4) is 0 Å². The van der Waals surface area contributed by atoms with E-state index in [1.165, 1.54) is 0 Å². The maximum Gasteiger partial charge on any atom is 0.243 e. The Hall–Kier alpha value is -3.67. The van der Waals surface area contributed by atoms with Crippen molar-refractivity contribution < 1.29 is 19.2 Å². The molecule has 0 saturated carbocycles. The molecule has 0 radical (unpaired) electrons. The molecule has 0 aliphatic rings. The summed E-state index contributed by atoms with van der Waals surface area (Å²) in [5.74, 6) is -2.78. The van der Waals surface area contributed by atoms with Crippen molar-refractivity contribution in [2.24, 2.45) is 22.9 Å². The van der Waals surface area contributed by atoms with Crippen molar-refractivity contribution >= 4 is 29.6 Å². The molecule has 0 aliphatic carbocycles. The molecule has 0 aromatic heterocycles. The lowest BCUT2D eigenvalue weighted by atomic mass is 10.0. The Morgan fingerprint density at radius 2 is 1.53 bits per heavy atom. The maximum absolute atomic E-state index is 12.9. The van der Waals surface area contributed by atoms with E-state index in [1.54, 1.807) is 24.3 Å². The highest BCUT2D eigenvalue weighted by molar-refractivity contribution is 5.92. The van der Waals surface area contributed by atoms with E-state index in [9.17, 15) is 19.2 Å². The summed E-state index contributed by atoms with van der Waals surface area (Å²) < 4.78 is 0. The molecule has 32 heavy (non-hydrogen) atoms. The van der Waals surface area contributed by atoms with Crippen LogP contribution in [0.15, 0.2) is 30.3 Å². The van der Waals surface area contributed by atoms with E-state index >= 15 is 0 Å². The van der Waals surface area contributed by atoms with Gasteiger partial charge in [-0.3, -0.25) is 24.6 Å². The summed E-state index contributed by atoms with van der Waals surface area (Å²) in [6, 6.07) is 5.98. The van der Waals surface area contributed by atoms with Gasteiger partial charge < -0.3 is 38.9 Å². The highest BCUT2D eigenvalue weighted by Gasteiger charge is 2.27. The zero-order chi connectivity index (χ0) is 24.1. The summed E-state index contributed by atoms with van der Waals surface area (Å²) in [7, 11) is 0. The summed E-state index contributed by atoms with van der Waals surface area (Å²) in [4.78, 5) is 48.1. The number of primary amides is 2. The fourth-order valence-corrected chi connectivity index (χ4v) is 2.85. The fraction of sp³-hybridized carbons (Fsp3) is 0.450. The third-order valence-corrected chi connectivity index (χ3v) is 4.60. The van der Waals surface area contributed by atoms with Crippen molar-refractivity contribution in [3.05, 3.63) is 35.9 Å². The Kier molecular flexibility index (Phi) is 11.2. The third kappa shape index (κ3) is 10.4. The zero-order valence-corrected chi connectivity index (χ0v) is 17.8. The SMILES string of the molecule is N=C(N)NCCC[C@H](NC(=O)[C@@H](N)CCC(N)=O)C(=O)N[C@@H](Cc1ccccc1)C(N)=O. The fourth-order valence-electron chi connectivity index (χ4n) is 2.85. The molecule has 1 rings (SSSR count). The van der Waals surface area contributed by atoms with Gasteiger partial charge in [-0.15, -0.1) is 0 Å². The summed E-state index contributed by atoms with van der Waals surface area (Å²) in [6.07, 6.45) is 0.701. The predicted molar refractivity (Wildman–Crippen MR) is 119 cm³/mol. The van der Waals surface area contributed by atoms with Crippen molar-refractivity contribution in [2.45, 2.75) is 50.2 Å². The predicted octanol–water partition coefficient (Wildman–Crippen LogP) is -2.46. The molecule has 0 fully saturated rings. The van der Waals surface area contributed by atoms with Crippen molar-refractivity contribution in [1.82, 2.24) is 16.0 Å². The third-order valence-electron chi connectivity index (χ3n) is 4.60. The van der Waals surface area contributed by atoms with Gasteiger partial charge in [0.25, 0.3) is 0 Å². The molecule has 0 spiro atoms. The van der Waals surface area contributed by atoms with Crippen LogP contribution in [0.1, 0.15) is 31.2 Å². The van der Waals surface area contributed by atoms with Crippen molar-refractivity contribution in [2.75, 3.05) is 6.54 Å². The van der Waals surface area contributed by atoms with Gasteiger partial charge in [0.05, 0.1) is 6.04 Å². The second-order valence-corrected chi connectivity index (χ2v) is 7.31. The lowest BCUT2D eigenvalue weighted by molar-refractivity contribution is -0.132. The molecule has 4 amide bonds. The average molecular weight is 449 g/mol. The molecule has 12 heteroatoms. The van der Waals surface area contributed by atoms with Crippen LogP contribution in [0.2, 0.25) is 0 Å². The number of amides is 4. The zero-order valence-electron chi connectivity index (χ0n) is 17.8. The summed E-state index contributed by atoms with van der Waals surface area (Å²) in [5, 5.41) is 14.9. The molecule has 0 unspecified atom stereocenters. The molecule has 0 heterocycles. The van der Waals surface area contributed by atoms with E-state index in [-0.39, 0.29) is 31.6 Å². The average Bonchev–Trinajstić information content (AvgIpc) is 2.73. The number of hydrogen-bond acceptors (Lipinski definition) is 6. The van der Waals surface area contributed by atoms with Gasteiger partial charge in [0.1, 0.15) is 12.1 Å². The van der Waals surface area contributed by atoms with E-state index in [1.807, 2.05) is 6.07 Å². The minimum Gasteiger partial charge on any atom is -0.370 e. The first kappa shape index (κ1) is 26.4. The Morgan fingerprint density at radius 3 is 2.09 bits per heavy atom. The number of carbonyl (C=O) groups is 4. The maximum atomic E-state index is 12.9. The first-order valence-electron chi connectivity index (χ1n) is 10.2. The van der Waals surface area contributed by atoms with Crippen LogP contribution < -0.4 is 38.9 Å². The number of rotatable bonds is 14. The number of nitrogens with two attached hydrogens (primary N) is 4. The van der Waals surface area contributed by atoms with Gasteiger partial charge in [0.2, 0.25) is 23.6 Å². The second-order valence-electron chi connectivity index (χ2n) is 7.31. The normalized spacial score (nSPS) is 13.3. The van der Waals surface area contributed by atoms with Crippen LogP contribution in [0, 0.1) is 5.41 Å². The quantitative estimate of drug-likeness (QED) is 0.0867. The van der Waals surface area contributed by atoms with Gasteiger partial charge in [-0.1, -0.05) is 30.3 Å². The molecule has 1 aromatic rings. The van der Waals surface area contributed by atoms with Crippen molar-refractivity contribution in [3.63, 3.8) is 0 Å². The highest BCUT2D eigenvalue weighted by Crippen LogP contribution is 2.05. The molecule has 0 bridgehead atoms. The van der Waals surface area contributed by atoms with Gasteiger partial charge in [-0.25, -0.2) is 0 Å². The Balaban J connectivity index is 2.83. The smallest absolute Gasteiger partial charge is 0.243 e. The standard InChI is InChI=1S/C20H32N8O4/c21-13(8-9-16(22)29)18(31)27-14(7-4-10-26-20(24)25)19(32)28-15(17(23)30)11-12-5-2-1-3-6-12/h1-3,5-6,13-15H,4,7-11,21H2,(H2,22,29)(H2,23,30)(H,27,31)(H,28,32)(H4,24,25,26)/t13-,14-,15-/m0/s1. The molecular formula is C20H32N8O4. The minimum absolute atomic E-state index is 0.0271. The van der Waals surface area contributed by atoms with Gasteiger partial charge >= 0.3 is 0 Å².